The van der Waals surface area contributed by atoms with Crippen molar-refractivity contribution in [1.29, 1.82) is 0 Å². The lowest BCUT2D eigenvalue weighted by Crippen LogP contribution is -2.45. The van der Waals surface area contributed by atoms with E-state index in [1.54, 1.807) is 0 Å². The first kappa shape index (κ1) is 19.0. The molecule has 150 valence electrons. The standard InChI is InChI=1S/C20H30N8/c1-4-17-22-19(25-20(24-17)28-12-10-26(2)11-13-28)23-18-8-7-15(14-21-18)16-6-5-9-27(16)3/h7-8,14,16H,4-6,9-13H2,1-3H3,(H,21,22,23,24,25). The van der Waals surface area contributed by atoms with Gasteiger partial charge in [0.1, 0.15) is 11.6 Å². The third-order valence-electron chi connectivity index (χ3n) is 5.70. The lowest BCUT2D eigenvalue weighted by molar-refractivity contribution is 0.311. The summed E-state index contributed by atoms with van der Waals surface area (Å²) in [6.07, 6.45) is 5.20. The quantitative estimate of drug-likeness (QED) is 0.843. The first-order valence-electron chi connectivity index (χ1n) is 10.2. The van der Waals surface area contributed by atoms with E-state index in [-0.39, 0.29) is 0 Å². The Bertz CT molecular complexity index is 785. The molecule has 2 aromatic rings. The maximum Gasteiger partial charge on any atom is 0.233 e. The fourth-order valence-corrected chi connectivity index (χ4v) is 3.89. The Labute approximate surface area is 167 Å². The summed E-state index contributed by atoms with van der Waals surface area (Å²) in [6.45, 7) is 7.14. The smallest absolute Gasteiger partial charge is 0.233 e. The van der Waals surface area contributed by atoms with Gasteiger partial charge in [0, 0.05) is 44.8 Å². The van der Waals surface area contributed by atoms with Crippen molar-refractivity contribution < 1.29 is 0 Å². The number of rotatable bonds is 5. The van der Waals surface area contributed by atoms with E-state index in [2.05, 4.69) is 67.0 Å². The van der Waals surface area contributed by atoms with Crippen LogP contribution in [0.5, 0.6) is 0 Å². The molecular weight excluding hydrogens is 352 g/mol. The van der Waals surface area contributed by atoms with Gasteiger partial charge in [-0.15, -0.1) is 0 Å². The monoisotopic (exact) mass is 382 g/mol. The molecule has 2 saturated heterocycles. The van der Waals surface area contributed by atoms with Crippen LogP contribution in [-0.2, 0) is 6.42 Å². The van der Waals surface area contributed by atoms with Crippen LogP contribution >= 0.6 is 0 Å². The van der Waals surface area contributed by atoms with Gasteiger partial charge in [-0.05, 0) is 45.1 Å². The zero-order chi connectivity index (χ0) is 19.5. The summed E-state index contributed by atoms with van der Waals surface area (Å²) in [5.74, 6) is 2.89. The Balaban J connectivity index is 1.50. The first-order chi connectivity index (χ1) is 13.6. The van der Waals surface area contributed by atoms with Gasteiger partial charge in [0.25, 0.3) is 0 Å². The van der Waals surface area contributed by atoms with Crippen LogP contribution in [0.4, 0.5) is 17.7 Å². The number of nitrogens with one attached hydrogen (secondary N) is 1. The minimum absolute atomic E-state index is 0.481. The highest BCUT2D eigenvalue weighted by atomic mass is 15.3. The molecule has 4 heterocycles. The fraction of sp³-hybridized carbons (Fsp3) is 0.600. The summed E-state index contributed by atoms with van der Waals surface area (Å²) in [4.78, 5) is 25.4. The third-order valence-corrected chi connectivity index (χ3v) is 5.70. The molecule has 2 aromatic heterocycles. The number of hydrogen-bond acceptors (Lipinski definition) is 8. The molecule has 1 N–H and O–H groups in total. The normalized spacial score (nSPS) is 21.2. The second-order valence-electron chi connectivity index (χ2n) is 7.76. The Hall–Kier alpha value is -2.32. The predicted octanol–water partition coefficient (Wildman–Crippen LogP) is 2.09. The largest absolute Gasteiger partial charge is 0.338 e. The zero-order valence-corrected chi connectivity index (χ0v) is 17.1. The molecule has 28 heavy (non-hydrogen) atoms. The van der Waals surface area contributed by atoms with E-state index in [1.807, 2.05) is 12.3 Å². The minimum Gasteiger partial charge on any atom is -0.338 e. The van der Waals surface area contributed by atoms with Crippen LogP contribution in [0.1, 0.15) is 37.2 Å². The Morgan fingerprint density at radius 3 is 2.50 bits per heavy atom. The summed E-state index contributed by atoms with van der Waals surface area (Å²) in [6, 6.07) is 4.66. The van der Waals surface area contributed by atoms with Crippen molar-refractivity contribution >= 4 is 17.7 Å². The van der Waals surface area contributed by atoms with Crippen molar-refractivity contribution in [3.05, 3.63) is 29.7 Å². The van der Waals surface area contributed by atoms with Gasteiger partial charge in [-0.3, -0.25) is 4.90 Å². The molecule has 0 aromatic carbocycles. The van der Waals surface area contributed by atoms with Gasteiger partial charge < -0.3 is 15.1 Å². The molecule has 0 saturated carbocycles. The second kappa shape index (κ2) is 8.36. The summed E-state index contributed by atoms with van der Waals surface area (Å²) >= 11 is 0. The van der Waals surface area contributed by atoms with Gasteiger partial charge in [-0.1, -0.05) is 13.0 Å². The topological polar surface area (TPSA) is 73.3 Å². The van der Waals surface area contributed by atoms with Crippen LogP contribution < -0.4 is 10.2 Å². The molecule has 1 unspecified atom stereocenters. The number of hydrogen-bond donors (Lipinski definition) is 1. The number of aryl methyl sites for hydroxylation is 1. The molecular formula is C20H30N8. The van der Waals surface area contributed by atoms with Gasteiger partial charge in [0.2, 0.25) is 11.9 Å². The molecule has 8 heteroatoms. The first-order valence-corrected chi connectivity index (χ1v) is 10.2. The molecule has 2 aliphatic rings. The van der Waals surface area contributed by atoms with Crippen LogP contribution in [0.15, 0.2) is 18.3 Å². The van der Waals surface area contributed by atoms with E-state index in [0.717, 1.165) is 56.7 Å². The number of piperazine rings is 1. The van der Waals surface area contributed by atoms with Gasteiger partial charge in [-0.2, -0.15) is 15.0 Å². The van der Waals surface area contributed by atoms with Crippen molar-refractivity contribution in [2.45, 2.75) is 32.2 Å². The maximum atomic E-state index is 4.66. The molecule has 1 atom stereocenters. The molecule has 0 bridgehead atoms. The van der Waals surface area contributed by atoms with Gasteiger partial charge >= 0.3 is 0 Å². The average Bonchev–Trinajstić information content (AvgIpc) is 3.15. The highest BCUT2D eigenvalue weighted by molar-refractivity contribution is 5.50. The lowest BCUT2D eigenvalue weighted by atomic mass is 10.1. The number of pyridine rings is 1. The number of likely N-dealkylation sites (N-methyl/N-ethyl adjacent to an activating group) is 1. The second-order valence-corrected chi connectivity index (χ2v) is 7.76. The lowest BCUT2D eigenvalue weighted by Gasteiger charge is -2.32. The van der Waals surface area contributed by atoms with Crippen molar-refractivity contribution in [1.82, 2.24) is 29.7 Å². The third kappa shape index (κ3) is 4.23. The van der Waals surface area contributed by atoms with E-state index in [9.17, 15) is 0 Å². The van der Waals surface area contributed by atoms with Crippen LogP contribution in [0.3, 0.4) is 0 Å². The van der Waals surface area contributed by atoms with E-state index >= 15 is 0 Å². The minimum atomic E-state index is 0.481. The average molecular weight is 383 g/mol. The van der Waals surface area contributed by atoms with Crippen LogP contribution in [0, 0.1) is 0 Å². The predicted molar refractivity (Wildman–Crippen MR) is 111 cm³/mol. The highest BCUT2D eigenvalue weighted by Gasteiger charge is 2.23. The molecule has 4 rings (SSSR count). The van der Waals surface area contributed by atoms with E-state index in [0.29, 0.717) is 12.0 Å². The van der Waals surface area contributed by atoms with Gasteiger partial charge in [-0.25, -0.2) is 4.98 Å². The molecule has 0 radical (unpaired) electrons. The molecule has 0 spiro atoms. The summed E-state index contributed by atoms with van der Waals surface area (Å²) in [5.41, 5.74) is 1.27. The molecule has 2 aliphatic heterocycles. The highest BCUT2D eigenvalue weighted by Crippen LogP contribution is 2.30. The Kier molecular flexibility index (Phi) is 5.68. The summed E-state index contributed by atoms with van der Waals surface area (Å²) < 4.78 is 0. The van der Waals surface area contributed by atoms with Crippen LogP contribution in [0.25, 0.3) is 0 Å². The Morgan fingerprint density at radius 1 is 1.04 bits per heavy atom. The molecule has 0 aliphatic carbocycles. The number of nitrogens with zero attached hydrogens (tertiary/aromatic N) is 7. The molecule has 8 nitrogen and oxygen atoms in total. The van der Waals surface area contributed by atoms with Crippen LogP contribution in [-0.4, -0.2) is 76.6 Å². The van der Waals surface area contributed by atoms with Crippen molar-refractivity contribution in [3.63, 3.8) is 0 Å². The summed E-state index contributed by atoms with van der Waals surface area (Å²) in [7, 11) is 4.33. The number of aromatic nitrogens is 4. The van der Waals surface area contributed by atoms with Gasteiger partial charge in [0.15, 0.2) is 0 Å². The fourth-order valence-electron chi connectivity index (χ4n) is 3.89. The SMILES string of the molecule is CCc1nc(Nc2ccc(C3CCCN3C)cn2)nc(N2CCN(C)CC2)n1. The van der Waals surface area contributed by atoms with Crippen molar-refractivity contribution in [3.8, 4) is 0 Å². The number of likely N-dealkylation sites (tertiary alicyclic amines) is 1. The van der Waals surface area contributed by atoms with E-state index in [4.69, 9.17) is 0 Å². The number of anilines is 3. The van der Waals surface area contributed by atoms with E-state index in [1.165, 1.54) is 18.4 Å². The molecule has 0 amide bonds. The zero-order valence-electron chi connectivity index (χ0n) is 17.1. The van der Waals surface area contributed by atoms with E-state index < -0.39 is 0 Å². The maximum absolute atomic E-state index is 4.66. The Morgan fingerprint density at radius 2 is 1.86 bits per heavy atom. The molecule has 2 fully saturated rings. The van der Waals surface area contributed by atoms with Crippen LogP contribution in [0.2, 0.25) is 0 Å². The van der Waals surface area contributed by atoms with Gasteiger partial charge in [0.05, 0.1) is 0 Å². The van der Waals surface area contributed by atoms with Crippen molar-refractivity contribution in [2.75, 3.05) is 57.0 Å². The summed E-state index contributed by atoms with van der Waals surface area (Å²) in [5, 5.41) is 3.27. The van der Waals surface area contributed by atoms with Crippen molar-refractivity contribution in [2.24, 2.45) is 0 Å².